The monoisotopic (exact) mass is 163 g/mol. The molecule has 54 valence electrons. The van der Waals surface area contributed by atoms with Gasteiger partial charge in [0.1, 0.15) is 0 Å². The Morgan fingerprint density at radius 2 is 0.667 bits per heavy atom. The van der Waals surface area contributed by atoms with E-state index in [4.69, 9.17) is 0 Å². The lowest BCUT2D eigenvalue weighted by Gasteiger charge is -1.69. The molecule has 1 aromatic rings. The second-order valence-electron chi connectivity index (χ2n) is 1.15. The quantitative estimate of drug-likeness (QED) is 0.583. The minimum absolute atomic E-state index is 0. The van der Waals surface area contributed by atoms with Crippen LogP contribution < -0.4 is 6.15 Å². The molecule has 0 fully saturated rings. The summed E-state index contributed by atoms with van der Waals surface area (Å²) in [7, 11) is 0. The number of benzene rings is 1. The third kappa shape index (κ3) is 7.96. The van der Waals surface area contributed by atoms with Gasteiger partial charge < -0.3 is 6.15 Å². The molecule has 3 N–H and O–H groups in total. The zero-order chi connectivity index (χ0) is 4.24. The Labute approximate surface area is 66.5 Å². The third-order valence-electron chi connectivity index (χ3n) is 0.667. The molecule has 0 aliphatic rings. The molecule has 1 nitrogen and oxygen atoms in total. The largest absolute Gasteiger partial charge is 0.344 e. The molecule has 0 aromatic heterocycles. The maximum absolute atomic E-state index is 2.00. The first-order chi connectivity index (χ1) is 3.00. The average Bonchev–Trinajstić information content (AvgIpc) is 1.72. The van der Waals surface area contributed by atoms with Gasteiger partial charge in [-0.15, -0.1) is 0 Å². The molecule has 0 heterocycles. The van der Waals surface area contributed by atoms with E-state index >= 15 is 0 Å². The molecule has 0 radical (unpaired) electrons. The topological polar surface area (TPSA) is 35.0 Å². The van der Waals surface area contributed by atoms with E-state index in [0.29, 0.717) is 0 Å². The molecule has 0 aliphatic heterocycles. The van der Waals surface area contributed by atoms with Gasteiger partial charge in [0, 0.05) is 0 Å². The average molecular weight is 163 g/mol. The molecular weight excluding hydrogens is 149 g/mol. The van der Waals surface area contributed by atoms with Gasteiger partial charge in [-0.25, -0.2) is 0 Å². The lowest BCUT2D eigenvalue weighted by Crippen LogP contribution is -1.47. The molecule has 0 saturated carbocycles. The summed E-state index contributed by atoms with van der Waals surface area (Å²) in [5.41, 5.74) is 0. The summed E-state index contributed by atoms with van der Waals surface area (Å²) in [5, 5.41) is 0. The second kappa shape index (κ2) is 10.9. The van der Waals surface area contributed by atoms with Crippen molar-refractivity contribution < 1.29 is 0 Å². The Bertz CT molecular complexity index is 85.0. The fourth-order valence-electron chi connectivity index (χ4n) is 0.385. The molecule has 0 saturated heterocycles. The van der Waals surface area contributed by atoms with E-state index < -0.39 is 0 Å². The standard InChI is InChI=1S/C6H6.H3N.H3P.H2S/c1-2-4-6-5-3-1;;;/h1-6H;2*1H3;1H2. The molecule has 1 aromatic carbocycles. The zero-order valence-corrected chi connectivity index (χ0v) is 7.79. The van der Waals surface area contributed by atoms with Crippen molar-refractivity contribution in [1.82, 2.24) is 6.15 Å². The SMILES string of the molecule is N.P.S.c1ccccc1. The van der Waals surface area contributed by atoms with Crippen LogP contribution in [-0.4, -0.2) is 0 Å². The van der Waals surface area contributed by atoms with Gasteiger partial charge in [-0.1, -0.05) is 36.4 Å². The molecule has 0 amide bonds. The summed E-state index contributed by atoms with van der Waals surface area (Å²) in [6, 6.07) is 12.0. The minimum Gasteiger partial charge on any atom is -0.344 e. The van der Waals surface area contributed by atoms with E-state index in [9.17, 15) is 0 Å². The fraction of sp³-hybridized carbons (Fsp3) is 0. The summed E-state index contributed by atoms with van der Waals surface area (Å²) in [6.07, 6.45) is 0. The highest BCUT2D eigenvalue weighted by Gasteiger charge is 1.57. The van der Waals surface area contributed by atoms with E-state index in [1.807, 2.05) is 36.4 Å². The summed E-state index contributed by atoms with van der Waals surface area (Å²) >= 11 is 0. The summed E-state index contributed by atoms with van der Waals surface area (Å²) in [5.74, 6) is 0. The molecule has 3 heteroatoms. The Kier molecular flexibility index (Phi) is 19.3. The van der Waals surface area contributed by atoms with Crippen LogP contribution in [0.3, 0.4) is 0 Å². The van der Waals surface area contributed by atoms with E-state index in [1.54, 1.807) is 0 Å². The predicted octanol–water partition coefficient (Wildman–Crippen LogP) is 2.02. The van der Waals surface area contributed by atoms with E-state index in [2.05, 4.69) is 0 Å². The van der Waals surface area contributed by atoms with Gasteiger partial charge in [0.15, 0.2) is 0 Å². The van der Waals surface area contributed by atoms with Crippen molar-refractivity contribution in [2.45, 2.75) is 0 Å². The Hall–Kier alpha value is -0.0400. The zero-order valence-electron chi connectivity index (χ0n) is 5.38. The molecule has 1 atom stereocenters. The maximum Gasteiger partial charge on any atom is -0.0623 e. The molecule has 0 spiro atoms. The molecular formula is C6H14NPS. The van der Waals surface area contributed by atoms with Crippen LogP contribution in [-0.2, 0) is 0 Å². The molecule has 1 rings (SSSR count). The number of hydrogen-bond donors (Lipinski definition) is 1. The molecule has 9 heavy (non-hydrogen) atoms. The van der Waals surface area contributed by atoms with Crippen molar-refractivity contribution in [3.8, 4) is 0 Å². The summed E-state index contributed by atoms with van der Waals surface area (Å²) in [4.78, 5) is 0. The Morgan fingerprint density at radius 1 is 0.556 bits per heavy atom. The number of rotatable bonds is 0. The van der Waals surface area contributed by atoms with Crippen molar-refractivity contribution in [2.24, 2.45) is 0 Å². The van der Waals surface area contributed by atoms with Crippen molar-refractivity contribution >= 4 is 23.4 Å². The predicted molar refractivity (Wildman–Crippen MR) is 53.0 cm³/mol. The maximum atomic E-state index is 2.00. The van der Waals surface area contributed by atoms with Crippen molar-refractivity contribution in [2.75, 3.05) is 0 Å². The molecule has 0 bridgehead atoms. The summed E-state index contributed by atoms with van der Waals surface area (Å²) in [6.45, 7) is 0. The third-order valence-corrected chi connectivity index (χ3v) is 0.667. The van der Waals surface area contributed by atoms with E-state index in [-0.39, 0.29) is 29.5 Å². The normalized spacial score (nSPS) is 5.33. The van der Waals surface area contributed by atoms with Gasteiger partial charge in [-0.3, -0.25) is 0 Å². The van der Waals surface area contributed by atoms with Gasteiger partial charge >= 0.3 is 0 Å². The van der Waals surface area contributed by atoms with Crippen molar-refractivity contribution in [3.63, 3.8) is 0 Å². The van der Waals surface area contributed by atoms with Gasteiger partial charge in [0.25, 0.3) is 0 Å². The van der Waals surface area contributed by atoms with Crippen molar-refractivity contribution in [3.05, 3.63) is 36.4 Å². The van der Waals surface area contributed by atoms with Gasteiger partial charge in [-0.2, -0.15) is 23.4 Å². The van der Waals surface area contributed by atoms with Crippen LogP contribution in [0, 0.1) is 0 Å². The van der Waals surface area contributed by atoms with E-state index in [1.165, 1.54) is 0 Å². The van der Waals surface area contributed by atoms with Gasteiger partial charge in [0.05, 0.1) is 0 Å². The lowest BCUT2D eigenvalue weighted by atomic mass is 10.4. The molecule has 1 unspecified atom stereocenters. The Morgan fingerprint density at radius 3 is 0.778 bits per heavy atom. The van der Waals surface area contributed by atoms with Crippen LogP contribution in [0.15, 0.2) is 36.4 Å². The summed E-state index contributed by atoms with van der Waals surface area (Å²) < 4.78 is 0. The highest BCUT2D eigenvalue weighted by atomic mass is 32.1. The van der Waals surface area contributed by atoms with Crippen LogP contribution in [0.4, 0.5) is 0 Å². The van der Waals surface area contributed by atoms with Gasteiger partial charge in [0.2, 0.25) is 0 Å². The van der Waals surface area contributed by atoms with Crippen molar-refractivity contribution in [1.29, 1.82) is 0 Å². The highest BCUT2D eigenvalue weighted by Crippen LogP contribution is 1.79. The first kappa shape index (κ1) is 16.0. The number of hydrogen-bond acceptors (Lipinski definition) is 1. The highest BCUT2D eigenvalue weighted by molar-refractivity contribution is 7.59. The fourth-order valence-corrected chi connectivity index (χ4v) is 0.385. The first-order valence-corrected chi connectivity index (χ1v) is 2.00. The van der Waals surface area contributed by atoms with Crippen LogP contribution >= 0.6 is 23.4 Å². The first-order valence-electron chi connectivity index (χ1n) is 2.00. The van der Waals surface area contributed by atoms with Crippen LogP contribution in [0.25, 0.3) is 0 Å². The molecule has 0 aliphatic carbocycles. The van der Waals surface area contributed by atoms with Crippen LogP contribution in [0.1, 0.15) is 0 Å². The van der Waals surface area contributed by atoms with Crippen LogP contribution in [0.2, 0.25) is 0 Å². The minimum atomic E-state index is 0. The van der Waals surface area contributed by atoms with Gasteiger partial charge in [-0.05, 0) is 0 Å². The smallest absolute Gasteiger partial charge is 0.0623 e. The second-order valence-corrected chi connectivity index (χ2v) is 1.15. The lowest BCUT2D eigenvalue weighted by molar-refractivity contribution is 1.72. The van der Waals surface area contributed by atoms with Crippen LogP contribution in [0.5, 0.6) is 0 Å². The Balaban J connectivity index is -0.000000120. The van der Waals surface area contributed by atoms with E-state index in [0.717, 1.165) is 0 Å².